The van der Waals surface area contributed by atoms with Gasteiger partial charge in [0.2, 0.25) is 0 Å². The molecule has 19 heteroatoms. The summed E-state index contributed by atoms with van der Waals surface area (Å²) in [6, 6.07) is 0. The summed E-state index contributed by atoms with van der Waals surface area (Å²) in [6.07, 6.45) is 44.6. The third-order valence-electron chi connectivity index (χ3n) is 16.6. The van der Waals surface area contributed by atoms with E-state index in [0.717, 1.165) is 114 Å². The highest BCUT2D eigenvalue weighted by Crippen LogP contribution is 2.45. The zero-order valence-electron chi connectivity index (χ0n) is 59.5. The summed E-state index contributed by atoms with van der Waals surface area (Å²) < 4.78 is 68.3. The molecule has 540 valence electrons. The first-order valence-corrected chi connectivity index (χ1v) is 40.2. The third-order valence-corrected chi connectivity index (χ3v) is 18.5. The lowest BCUT2D eigenvalue weighted by atomic mass is 10.0. The van der Waals surface area contributed by atoms with Gasteiger partial charge in [-0.3, -0.25) is 37.3 Å². The van der Waals surface area contributed by atoms with E-state index >= 15 is 0 Å². The van der Waals surface area contributed by atoms with Gasteiger partial charge in [-0.2, -0.15) is 0 Å². The summed E-state index contributed by atoms with van der Waals surface area (Å²) >= 11 is 0. The monoisotopic (exact) mass is 1340 g/mol. The fourth-order valence-electron chi connectivity index (χ4n) is 10.8. The second-order valence-corrected chi connectivity index (χ2v) is 30.8. The summed E-state index contributed by atoms with van der Waals surface area (Å²) in [5, 5.41) is 10.6. The topological polar surface area (TPSA) is 237 Å². The predicted octanol–water partition coefficient (Wildman–Crippen LogP) is 20.5. The van der Waals surface area contributed by atoms with Crippen LogP contribution in [0.25, 0.3) is 0 Å². The molecule has 0 rings (SSSR count). The smallest absolute Gasteiger partial charge is 0.462 e. The molecule has 0 saturated heterocycles. The molecule has 0 radical (unpaired) electrons. The van der Waals surface area contributed by atoms with Gasteiger partial charge in [0.05, 0.1) is 26.4 Å². The van der Waals surface area contributed by atoms with Crippen LogP contribution >= 0.6 is 15.6 Å². The molecule has 3 N–H and O–H groups in total. The van der Waals surface area contributed by atoms with Gasteiger partial charge in [-0.05, 0) is 49.4 Å². The van der Waals surface area contributed by atoms with E-state index in [9.17, 15) is 43.2 Å². The zero-order valence-corrected chi connectivity index (χ0v) is 61.3. The van der Waals surface area contributed by atoms with Crippen LogP contribution in [0.15, 0.2) is 0 Å². The van der Waals surface area contributed by atoms with E-state index < -0.39 is 97.5 Å². The maximum atomic E-state index is 13.0. The summed E-state index contributed by atoms with van der Waals surface area (Å²) in [7, 11) is -9.90. The van der Waals surface area contributed by atoms with Gasteiger partial charge in [0.1, 0.15) is 19.3 Å². The van der Waals surface area contributed by atoms with Crippen molar-refractivity contribution in [2.24, 2.45) is 23.7 Å². The van der Waals surface area contributed by atoms with Crippen LogP contribution in [-0.4, -0.2) is 96.7 Å². The van der Waals surface area contributed by atoms with Crippen LogP contribution in [0, 0.1) is 23.7 Å². The SMILES string of the molecule is CC(C)CCCCCCCCCCCCCCCCCC(=O)O[C@H](COC(=O)CCCCCCCCCCCC(C)C)COP(=O)(O)OCC(O)COP(=O)(O)OC[C@@H](COC(=O)CCCCCCCCCC(C)C)OC(=O)CCCCCCCCCCC(C)C. The van der Waals surface area contributed by atoms with E-state index in [1.165, 1.54) is 154 Å². The van der Waals surface area contributed by atoms with Gasteiger partial charge in [0.15, 0.2) is 12.2 Å². The van der Waals surface area contributed by atoms with E-state index in [0.29, 0.717) is 31.6 Å². The van der Waals surface area contributed by atoms with Gasteiger partial charge < -0.3 is 33.8 Å². The maximum absolute atomic E-state index is 13.0. The minimum atomic E-state index is -4.95. The van der Waals surface area contributed by atoms with Gasteiger partial charge in [-0.1, -0.05) is 306 Å². The molecular formula is C72H140O17P2. The number of hydrogen-bond donors (Lipinski definition) is 3. The number of phosphoric acid groups is 2. The molecule has 0 fully saturated rings. The maximum Gasteiger partial charge on any atom is 0.472 e. The number of rotatable bonds is 69. The van der Waals surface area contributed by atoms with E-state index in [1.807, 2.05) is 0 Å². The van der Waals surface area contributed by atoms with Gasteiger partial charge in [-0.15, -0.1) is 0 Å². The Morgan fingerprint density at radius 2 is 0.462 bits per heavy atom. The Labute approximate surface area is 556 Å². The minimum absolute atomic E-state index is 0.103. The standard InChI is InChI=1S/C72H140O17P2/c1-62(2)48-40-32-24-17-14-12-10-9-11-13-15-19-29-38-46-54-71(76)88-67(58-82-69(74)52-44-36-28-20-16-18-25-33-41-49-63(3)4)60-86-90(78,79)84-56-66(73)57-85-91(80,81)87-61-68(59-83-70(75)53-45-37-31-23-27-35-43-51-65(7)8)89-72(77)55-47-39-30-22-21-26-34-42-50-64(5)6/h62-68,73H,9-61H2,1-8H3,(H,78,79)(H,80,81)/t66?,67-,68-/m1/s1. The quantitative estimate of drug-likeness (QED) is 0.0222. The summed E-state index contributed by atoms with van der Waals surface area (Å²) in [4.78, 5) is 72.6. The first-order valence-electron chi connectivity index (χ1n) is 37.2. The van der Waals surface area contributed by atoms with Crippen LogP contribution in [0.1, 0.15) is 357 Å². The fraction of sp³-hybridized carbons (Fsp3) is 0.944. The Kier molecular flexibility index (Phi) is 60.3. The Hall–Kier alpha value is -1.94. The molecule has 0 amide bonds. The molecule has 0 aliphatic heterocycles. The first-order chi connectivity index (χ1) is 43.6. The molecular weight excluding hydrogens is 1200 g/mol. The van der Waals surface area contributed by atoms with Crippen molar-refractivity contribution in [2.75, 3.05) is 39.6 Å². The van der Waals surface area contributed by atoms with Crippen molar-refractivity contribution < 1.29 is 80.2 Å². The lowest BCUT2D eigenvalue weighted by Gasteiger charge is -2.21. The molecule has 0 bridgehead atoms. The van der Waals surface area contributed by atoms with Gasteiger partial charge >= 0.3 is 39.5 Å². The molecule has 0 aromatic carbocycles. The van der Waals surface area contributed by atoms with Crippen LogP contribution in [0.3, 0.4) is 0 Å². The molecule has 17 nitrogen and oxygen atoms in total. The lowest BCUT2D eigenvalue weighted by Crippen LogP contribution is -2.30. The second-order valence-electron chi connectivity index (χ2n) is 27.9. The highest BCUT2D eigenvalue weighted by Gasteiger charge is 2.30. The summed E-state index contributed by atoms with van der Waals surface area (Å²) in [5.41, 5.74) is 0. The van der Waals surface area contributed by atoms with E-state index in [2.05, 4.69) is 55.4 Å². The first kappa shape index (κ1) is 89.1. The van der Waals surface area contributed by atoms with Crippen LogP contribution in [0.5, 0.6) is 0 Å². The Balaban J connectivity index is 5.23. The van der Waals surface area contributed by atoms with Crippen LogP contribution in [-0.2, 0) is 65.4 Å². The Bertz CT molecular complexity index is 1800. The van der Waals surface area contributed by atoms with Crippen LogP contribution < -0.4 is 0 Å². The minimum Gasteiger partial charge on any atom is -0.462 e. The number of carbonyl (C=O) groups excluding carboxylic acids is 4. The number of aliphatic hydroxyl groups is 1. The number of aliphatic hydroxyl groups excluding tert-OH is 1. The highest BCUT2D eigenvalue weighted by atomic mass is 31.2. The molecule has 0 spiro atoms. The predicted molar refractivity (Wildman–Crippen MR) is 367 cm³/mol. The van der Waals surface area contributed by atoms with E-state index in [-0.39, 0.29) is 25.7 Å². The van der Waals surface area contributed by atoms with Crippen molar-refractivity contribution in [3.63, 3.8) is 0 Å². The molecule has 0 heterocycles. The molecule has 91 heavy (non-hydrogen) atoms. The van der Waals surface area contributed by atoms with Gasteiger partial charge in [0.25, 0.3) is 0 Å². The third kappa shape index (κ3) is 66.5. The molecule has 0 aliphatic rings. The van der Waals surface area contributed by atoms with Crippen molar-refractivity contribution in [3.05, 3.63) is 0 Å². The number of phosphoric ester groups is 2. The Morgan fingerprint density at radius 1 is 0.275 bits per heavy atom. The van der Waals surface area contributed by atoms with Crippen molar-refractivity contribution in [2.45, 2.75) is 375 Å². The molecule has 0 aromatic heterocycles. The zero-order chi connectivity index (χ0) is 67.5. The largest absolute Gasteiger partial charge is 0.472 e. The number of ether oxygens (including phenoxy) is 4. The van der Waals surface area contributed by atoms with Gasteiger partial charge in [-0.25, -0.2) is 9.13 Å². The van der Waals surface area contributed by atoms with E-state index in [4.69, 9.17) is 37.0 Å². The number of hydrogen-bond acceptors (Lipinski definition) is 15. The number of carbonyl (C=O) groups is 4. The van der Waals surface area contributed by atoms with Crippen molar-refractivity contribution in [1.82, 2.24) is 0 Å². The fourth-order valence-corrected chi connectivity index (χ4v) is 12.4. The highest BCUT2D eigenvalue weighted by molar-refractivity contribution is 7.47. The molecule has 0 aromatic rings. The lowest BCUT2D eigenvalue weighted by molar-refractivity contribution is -0.161. The number of unbranched alkanes of at least 4 members (excludes halogenated alkanes) is 35. The summed E-state index contributed by atoms with van der Waals surface area (Å²) in [6.45, 7) is 14.1. The van der Waals surface area contributed by atoms with Gasteiger partial charge in [0, 0.05) is 25.7 Å². The average molecular weight is 1340 g/mol. The van der Waals surface area contributed by atoms with Crippen molar-refractivity contribution in [1.29, 1.82) is 0 Å². The van der Waals surface area contributed by atoms with Crippen LogP contribution in [0.2, 0.25) is 0 Å². The van der Waals surface area contributed by atoms with E-state index in [1.54, 1.807) is 0 Å². The average Bonchev–Trinajstić information content (AvgIpc) is 3.71. The number of esters is 4. The van der Waals surface area contributed by atoms with Crippen LogP contribution in [0.4, 0.5) is 0 Å². The normalized spacial score (nSPS) is 14.2. The molecule has 0 saturated carbocycles. The molecule has 3 unspecified atom stereocenters. The second kappa shape index (κ2) is 61.6. The summed E-state index contributed by atoms with van der Waals surface area (Å²) in [5.74, 6) is 0.841. The molecule has 0 aliphatic carbocycles. The van der Waals surface area contributed by atoms with Crippen molar-refractivity contribution in [3.8, 4) is 0 Å². The Morgan fingerprint density at radius 3 is 0.681 bits per heavy atom. The van der Waals surface area contributed by atoms with Crippen molar-refractivity contribution >= 4 is 39.5 Å². The molecule has 5 atom stereocenters.